The van der Waals surface area contributed by atoms with Crippen LogP contribution in [-0.2, 0) is 0 Å². The van der Waals surface area contributed by atoms with Crippen LogP contribution in [0.25, 0.3) is 0 Å². The fraction of sp³-hybridized carbons (Fsp3) is 0.133. The molecule has 0 heterocycles. The van der Waals surface area contributed by atoms with Crippen LogP contribution in [0.1, 0.15) is 22.8 Å². The van der Waals surface area contributed by atoms with Gasteiger partial charge in [-0.25, -0.2) is 0 Å². The molecular formula is C15H13NO2. The minimum Gasteiger partial charge on any atom is -0.497 e. The molecule has 0 spiro atoms. The first-order valence-corrected chi connectivity index (χ1v) is 5.56. The predicted octanol–water partition coefficient (Wildman–Crippen LogP) is 2.65. The second kappa shape index (κ2) is 5.35. The van der Waals surface area contributed by atoms with Gasteiger partial charge in [0, 0.05) is 0 Å². The van der Waals surface area contributed by atoms with Crippen LogP contribution in [0, 0.1) is 11.3 Å². The van der Waals surface area contributed by atoms with Crippen LogP contribution in [0.3, 0.4) is 0 Å². The molecule has 2 rings (SSSR count). The summed E-state index contributed by atoms with van der Waals surface area (Å²) in [6.45, 7) is 0. The molecule has 0 radical (unpaired) electrons. The van der Waals surface area contributed by atoms with Crippen LogP contribution in [0.15, 0.2) is 48.5 Å². The third kappa shape index (κ3) is 2.50. The molecule has 3 heteroatoms. The molecule has 0 unspecified atom stereocenters. The zero-order chi connectivity index (χ0) is 13.0. The van der Waals surface area contributed by atoms with E-state index in [0.717, 1.165) is 16.9 Å². The highest BCUT2D eigenvalue weighted by Crippen LogP contribution is 2.24. The largest absolute Gasteiger partial charge is 0.497 e. The van der Waals surface area contributed by atoms with Crippen molar-refractivity contribution in [3.8, 4) is 11.8 Å². The van der Waals surface area contributed by atoms with Crippen LogP contribution in [0.2, 0.25) is 0 Å². The number of aliphatic hydroxyl groups is 1. The Labute approximate surface area is 106 Å². The number of nitriles is 1. The topological polar surface area (TPSA) is 53.2 Å². The van der Waals surface area contributed by atoms with Crippen molar-refractivity contribution in [1.29, 1.82) is 5.26 Å². The molecule has 0 aliphatic heterocycles. The minimum absolute atomic E-state index is 0.584. The van der Waals surface area contributed by atoms with Crippen molar-refractivity contribution in [2.75, 3.05) is 7.11 Å². The van der Waals surface area contributed by atoms with Crippen molar-refractivity contribution in [3.63, 3.8) is 0 Å². The summed E-state index contributed by atoms with van der Waals surface area (Å²) in [5, 5.41) is 18.9. The van der Waals surface area contributed by atoms with Crippen molar-refractivity contribution in [2.24, 2.45) is 0 Å². The van der Waals surface area contributed by atoms with Crippen LogP contribution < -0.4 is 4.74 Å². The Kier molecular flexibility index (Phi) is 3.61. The molecular weight excluding hydrogens is 226 g/mol. The molecule has 0 fully saturated rings. The first kappa shape index (κ1) is 12.2. The Hall–Kier alpha value is -2.31. The molecule has 0 bridgehead atoms. The monoisotopic (exact) mass is 239 g/mol. The maximum absolute atomic E-state index is 10.2. The van der Waals surface area contributed by atoms with E-state index in [2.05, 4.69) is 0 Å². The van der Waals surface area contributed by atoms with Crippen LogP contribution in [0.5, 0.6) is 5.75 Å². The number of aliphatic hydroxyl groups excluding tert-OH is 1. The third-order valence-electron chi connectivity index (χ3n) is 2.79. The predicted molar refractivity (Wildman–Crippen MR) is 68.2 cm³/mol. The molecule has 0 aromatic heterocycles. The summed E-state index contributed by atoms with van der Waals surface area (Å²) < 4.78 is 5.07. The van der Waals surface area contributed by atoms with E-state index < -0.39 is 6.10 Å². The fourth-order valence-electron chi connectivity index (χ4n) is 1.72. The number of rotatable bonds is 3. The molecule has 0 aliphatic carbocycles. The highest BCUT2D eigenvalue weighted by molar-refractivity contribution is 5.37. The molecule has 2 aromatic carbocycles. The van der Waals surface area contributed by atoms with Crippen LogP contribution in [0.4, 0.5) is 0 Å². The summed E-state index contributed by atoms with van der Waals surface area (Å²) in [7, 11) is 1.60. The second-order valence-corrected chi connectivity index (χ2v) is 3.91. The van der Waals surface area contributed by atoms with E-state index in [4.69, 9.17) is 10.00 Å². The maximum atomic E-state index is 10.2. The minimum atomic E-state index is -0.691. The highest BCUT2D eigenvalue weighted by Gasteiger charge is 2.10. The quantitative estimate of drug-likeness (QED) is 0.895. The third-order valence-corrected chi connectivity index (χ3v) is 2.79. The Balaban J connectivity index is 2.23. The van der Waals surface area contributed by atoms with Crippen LogP contribution in [-0.4, -0.2) is 12.2 Å². The number of nitrogens with zero attached hydrogens (tertiary/aromatic N) is 1. The normalized spacial score (nSPS) is 11.6. The van der Waals surface area contributed by atoms with Crippen molar-refractivity contribution >= 4 is 0 Å². The van der Waals surface area contributed by atoms with E-state index in [0.29, 0.717) is 5.56 Å². The zero-order valence-corrected chi connectivity index (χ0v) is 10.00. The number of hydrogen-bond acceptors (Lipinski definition) is 3. The number of benzene rings is 2. The average Bonchev–Trinajstić information content (AvgIpc) is 2.47. The zero-order valence-electron chi connectivity index (χ0n) is 10.00. The number of methoxy groups -OCH3 is 1. The summed E-state index contributed by atoms with van der Waals surface area (Å²) >= 11 is 0. The lowest BCUT2D eigenvalue weighted by molar-refractivity contribution is 0.220. The van der Waals surface area contributed by atoms with Gasteiger partial charge in [0.2, 0.25) is 0 Å². The lowest BCUT2D eigenvalue weighted by atomic mass is 10.0. The molecule has 1 N–H and O–H groups in total. The SMILES string of the molecule is COc1ccc([C@@H](O)c2ccc(C#N)cc2)cc1. The first-order valence-electron chi connectivity index (χ1n) is 5.56. The summed E-state index contributed by atoms with van der Waals surface area (Å²) in [5.41, 5.74) is 2.14. The van der Waals surface area contributed by atoms with Gasteiger partial charge in [0.15, 0.2) is 0 Å². The van der Waals surface area contributed by atoms with Gasteiger partial charge in [0.25, 0.3) is 0 Å². The second-order valence-electron chi connectivity index (χ2n) is 3.91. The summed E-state index contributed by atoms with van der Waals surface area (Å²) in [5.74, 6) is 0.755. The summed E-state index contributed by atoms with van der Waals surface area (Å²) in [6, 6.07) is 16.2. The molecule has 90 valence electrons. The van der Waals surface area contributed by atoms with E-state index in [-0.39, 0.29) is 0 Å². The van der Waals surface area contributed by atoms with E-state index in [9.17, 15) is 5.11 Å². The van der Waals surface area contributed by atoms with Gasteiger partial charge in [-0.15, -0.1) is 0 Å². The molecule has 0 amide bonds. The van der Waals surface area contributed by atoms with Crippen molar-refractivity contribution in [3.05, 3.63) is 65.2 Å². The van der Waals surface area contributed by atoms with Crippen LogP contribution >= 0.6 is 0 Å². The highest BCUT2D eigenvalue weighted by atomic mass is 16.5. The molecule has 2 aromatic rings. The Morgan fingerprint density at radius 3 is 1.94 bits per heavy atom. The van der Waals surface area contributed by atoms with Crippen molar-refractivity contribution in [1.82, 2.24) is 0 Å². The Morgan fingerprint density at radius 1 is 1.00 bits per heavy atom. The summed E-state index contributed by atoms with van der Waals surface area (Å²) in [4.78, 5) is 0. The van der Waals surface area contributed by atoms with Gasteiger partial charge in [-0.05, 0) is 35.4 Å². The Bertz CT molecular complexity index is 553. The van der Waals surface area contributed by atoms with E-state index in [1.54, 1.807) is 31.4 Å². The molecule has 1 atom stereocenters. The number of hydrogen-bond donors (Lipinski definition) is 1. The lowest BCUT2D eigenvalue weighted by Gasteiger charge is -2.12. The Morgan fingerprint density at radius 2 is 1.50 bits per heavy atom. The van der Waals surface area contributed by atoms with Gasteiger partial charge < -0.3 is 9.84 Å². The standard InChI is InChI=1S/C15H13NO2/c1-18-14-8-6-13(7-9-14)15(17)12-4-2-11(10-16)3-5-12/h2-9,15,17H,1H3/t15-/m0/s1. The van der Waals surface area contributed by atoms with Crippen molar-refractivity contribution < 1.29 is 9.84 Å². The van der Waals surface area contributed by atoms with Gasteiger partial charge in [-0.3, -0.25) is 0 Å². The smallest absolute Gasteiger partial charge is 0.118 e. The summed E-state index contributed by atoms with van der Waals surface area (Å²) in [6.07, 6.45) is -0.691. The van der Waals surface area contributed by atoms with E-state index in [1.165, 1.54) is 0 Å². The fourth-order valence-corrected chi connectivity index (χ4v) is 1.72. The molecule has 18 heavy (non-hydrogen) atoms. The van der Waals surface area contributed by atoms with Gasteiger partial charge in [-0.1, -0.05) is 24.3 Å². The number of ether oxygens (including phenoxy) is 1. The molecule has 0 saturated carbocycles. The average molecular weight is 239 g/mol. The maximum Gasteiger partial charge on any atom is 0.118 e. The molecule has 0 saturated heterocycles. The van der Waals surface area contributed by atoms with E-state index in [1.807, 2.05) is 30.3 Å². The van der Waals surface area contributed by atoms with E-state index >= 15 is 0 Å². The van der Waals surface area contributed by atoms with Gasteiger partial charge in [0.05, 0.1) is 18.7 Å². The van der Waals surface area contributed by atoms with Crippen molar-refractivity contribution in [2.45, 2.75) is 6.10 Å². The first-order chi connectivity index (χ1) is 8.74. The van der Waals surface area contributed by atoms with Gasteiger partial charge >= 0.3 is 0 Å². The van der Waals surface area contributed by atoms with Gasteiger partial charge in [0.1, 0.15) is 11.9 Å². The molecule has 0 aliphatic rings. The molecule has 3 nitrogen and oxygen atoms in total. The lowest BCUT2D eigenvalue weighted by Crippen LogP contribution is -1.99. The van der Waals surface area contributed by atoms with Gasteiger partial charge in [-0.2, -0.15) is 5.26 Å².